The summed E-state index contributed by atoms with van der Waals surface area (Å²) in [7, 11) is 0. The van der Waals surface area contributed by atoms with E-state index in [0.717, 1.165) is 23.1 Å². The van der Waals surface area contributed by atoms with Crippen molar-refractivity contribution in [3.63, 3.8) is 0 Å². The van der Waals surface area contributed by atoms with Crippen LogP contribution in [0.5, 0.6) is 0 Å². The fraction of sp³-hybridized carbons (Fsp3) is 0.188. The molecular formula is C16H15N. The molecule has 0 aromatic heterocycles. The number of aryl methyl sites for hydroxylation is 2. The molecule has 0 fully saturated rings. The predicted molar refractivity (Wildman–Crippen MR) is 70.7 cm³/mol. The summed E-state index contributed by atoms with van der Waals surface area (Å²) < 4.78 is 0. The van der Waals surface area contributed by atoms with Crippen LogP contribution >= 0.6 is 0 Å². The average molecular weight is 221 g/mol. The fourth-order valence-electron chi connectivity index (χ4n) is 2.09. The van der Waals surface area contributed by atoms with Crippen molar-refractivity contribution < 1.29 is 0 Å². The van der Waals surface area contributed by atoms with E-state index in [9.17, 15) is 0 Å². The minimum atomic E-state index is 0.733. The molecule has 0 radical (unpaired) electrons. The molecule has 2 rings (SSSR count). The van der Waals surface area contributed by atoms with Gasteiger partial charge in [-0.15, -0.1) is 0 Å². The van der Waals surface area contributed by atoms with Crippen LogP contribution in [0.15, 0.2) is 42.5 Å². The summed E-state index contributed by atoms with van der Waals surface area (Å²) in [5.74, 6) is 0. The van der Waals surface area contributed by atoms with E-state index in [-0.39, 0.29) is 0 Å². The van der Waals surface area contributed by atoms with Gasteiger partial charge in [0.2, 0.25) is 0 Å². The van der Waals surface area contributed by atoms with Gasteiger partial charge in [0.1, 0.15) is 0 Å². The van der Waals surface area contributed by atoms with E-state index in [1.165, 1.54) is 11.1 Å². The van der Waals surface area contributed by atoms with Gasteiger partial charge >= 0.3 is 0 Å². The van der Waals surface area contributed by atoms with Gasteiger partial charge in [0.15, 0.2) is 0 Å². The van der Waals surface area contributed by atoms with Crippen molar-refractivity contribution in [3.8, 4) is 17.2 Å². The molecule has 0 amide bonds. The Balaban J connectivity index is 2.54. The van der Waals surface area contributed by atoms with Crippen molar-refractivity contribution in [2.24, 2.45) is 0 Å². The van der Waals surface area contributed by atoms with Crippen molar-refractivity contribution in [2.75, 3.05) is 0 Å². The number of hydrogen-bond donors (Lipinski definition) is 0. The van der Waals surface area contributed by atoms with Crippen LogP contribution in [0.3, 0.4) is 0 Å². The second-order valence-corrected chi connectivity index (χ2v) is 4.15. The quantitative estimate of drug-likeness (QED) is 0.749. The molecule has 0 aliphatic rings. The lowest BCUT2D eigenvalue weighted by Gasteiger charge is -2.08. The Morgan fingerprint density at radius 1 is 1.12 bits per heavy atom. The molecule has 0 heterocycles. The zero-order valence-electron chi connectivity index (χ0n) is 10.2. The maximum atomic E-state index is 9.10. The van der Waals surface area contributed by atoms with Gasteiger partial charge in [0.05, 0.1) is 11.6 Å². The topological polar surface area (TPSA) is 23.8 Å². The molecule has 17 heavy (non-hydrogen) atoms. The van der Waals surface area contributed by atoms with Gasteiger partial charge in [-0.3, -0.25) is 0 Å². The molecule has 0 aliphatic carbocycles. The van der Waals surface area contributed by atoms with Gasteiger partial charge in [0.25, 0.3) is 0 Å². The zero-order valence-corrected chi connectivity index (χ0v) is 10.2. The average Bonchev–Trinajstić information content (AvgIpc) is 2.38. The monoisotopic (exact) mass is 221 g/mol. The van der Waals surface area contributed by atoms with Gasteiger partial charge < -0.3 is 0 Å². The Hall–Kier alpha value is -2.07. The van der Waals surface area contributed by atoms with Crippen molar-refractivity contribution in [1.29, 1.82) is 5.26 Å². The van der Waals surface area contributed by atoms with Crippen LogP contribution in [0.25, 0.3) is 11.1 Å². The second kappa shape index (κ2) is 4.84. The normalized spacial score (nSPS) is 9.94. The summed E-state index contributed by atoms with van der Waals surface area (Å²) >= 11 is 0. The summed E-state index contributed by atoms with van der Waals surface area (Å²) in [5.41, 5.74) is 5.52. The summed E-state index contributed by atoms with van der Waals surface area (Å²) in [6.45, 7) is 4.28. The Labute approximate surface area is 102 Å². The van der Waals surface area contributed by atoms with Gasteiger partial charge in [-0.2, -0.15) is 5.26 Å². The molecule has 0 saturated carbocycles. The molecule has 0 unspecified atom stereocenters. The largest absolute Gasteiger partial charge is 0.192 e. The number of benzene rings is 2. The predicted octanol–water partition coefficient (Wildman–Crippen LogP) is 4.10. The number of rotatable bonds is 2. The van der Waals surface area contributed by atoms with Crippen LogP contribution in [-0.2, 0) is 6.42 Å². The van der Waals surface area contributed by atoms with Gasteiger partial charge in [-0.05, 0) is 41.7 Å². The summed E-state index contributed by atoms with van der Waals surface area (Å²) in [5, 5.41) is 9.10. The van der Waals surface area contributed by atoms with Crippen LogP contribution in [0, 0.1) is 18.3 Å². The Kier molecular flexibility index (Phi) is 3.25. The molecule has 0 atom stereocenters. The molecule has 0 aliphatic heterocycles. The second-order valence-electron chi connectivity index (χ2n) is 4.15. The molecule has 1 nitrogen and oxygen atoms in total. The van der Waals surface area contributed by atoms with Crippen LogP contribution in [-0.4, -0.2) is 0 Å². The van der Waals surface area contributed by atoms with Crippen molar-refractivity contribution in [2.45, 2.75) is 20.3 Å². The Morgan fingerprint density at radius 2 is 1.88 bits per heavy atom. The maximum Gasteiger partial charge on any atom is 0.0998 e. The fourth-order valence-corrected chi connectivity index (χ4v) is 2.09. The first-order valence-electron chi connectivity index (χ1n) is 5.85. The van der Waals surface area contributed by atoms with Gasteiger partial charge in [0, 0.05) is 0 Å². The molecule has 0 saturated heterocycles. The molecule has 84 valence electrons. The van der Waals surface area contributed by atoms with Crippen molar-refractivity contribution in [1.82, 2.24) is 0 Å². The molecular weight excluding hydrogens is 206 g/mol. The lowest BCUT2D eigenvalue weighted by atomic mass is 9.96. The van der Waals surface area contributed by atoms with Crippen LogP contribution in [0.4, 0.5) is 0 Å². The van der Waals surface area contributed by atoms with Crippen molar-refractivity contribution in [3.05, 3.63) is 59.2 Å². The lowest BCUT2D eigenvalue weighted by Crippen LogP contribution is -1.89. The van der Waals surface area contributed by atoms with E-state index >= 15 is 0 Å². The van der Waals surface area contributed by atoms with Crippen molar-refractivity contribution >= 4 is 0 Å². The minimum absolute atomic E-state index is 0.733. The minimum Gasteiger partial charge on any atom is -0.192 e. The molecule has 2 aromatic rings. The molecule has 2 aromatic carbocycles. The summed E-state index contributed by atoms with van der Waals surface area (Å²) in [6, 6.07) is 16.4. The summed E-state index contributed by atoms with van der Waals surface area (Å²) in [4.78, 5) is 0. The van der Waals surface area contributed by atoms with Gasteiger partial charge in [-0.1, -0.05) is 43.3 Å². The third-order valence-electron chi connectivity index (χ3n) is 3.08. The summed E-state index contributed by atoms with van der Waals surface area (Å²) in [6.07, 6.45) is 1.05. The van der Waals surface area contributed by atoms with Gasteiger partial charge in [-0.25, -0.2) is 0 Å². The standard InChI is InChI=1S/C16H15N/c1-3-13-8-9-14(10-12(13)2)16-7-5-4-6-15(16)11-17/h4-10H,3H2,1-2H3. The lowest BCUT2D eigenvalue weighted by molar-refractivity contribution is 1.11. The first-order chi connectivity index (χ1) is 8.26. The zero-order chi connectivity index (χ0) is 12.3. The molecule has 0 bridgehead atoms. The highest BCUT2D eigenvalue weighted by Crippen LogP contribution is 2.25. The molecule has 1 heteroatoms. The Morgan fingerprint density at radius 3 is 2.53 bits per heavy atom. The molecule has 0 spiro atoms. The van der Waals surface area contributed by atoms with E-state index in [0.29, 0.717) is 0 Å². The van der Waals surface area contributed by atoms with E-state index in [4.69, 9.17) is 5.26 Å². The smallest absolute Gasteiger partial charge is 0.0998 e. The number of hydrogen-bond acceptors (Lipinski definition) is 1. The van der Waals surface area contributed by atoms with E-state index in [1.54, 1.807) is 0 Å². The van der Waals surface area contributed by atoms with E-state index in [2.05, 4.69) is 38.1 Å². The first-order valence-corrected chi connectivity index (χ1v) is 5.85. The number of nitrogens with zero attached hydrogens (tertiary/aromatic N) is 1. The Bertz CT molecular complexity index is 576. The van der Waals surface area contributed by atoms with E-state index in [1.807, 2.05) is 24.3 Å². The third kappa shape index (κ3) is 2.21. The third-order valence-corrected chi connectivity index (χ3v) is 3.08. The van der Waals surface area contributed by atoms with Crippen LogP contribution in [0.1, 0.15) is 23.6 Å². The molecule has 0 N–H and O–H groups in total. The SMILES string of the molecule is CCc1ccc(-c2ccccc2C#N)cc1C. The highest BCUT2D eigenvalue weighted by Gasteiger charge is 2.05. The maximum absolute atomic E-state index is 9.10. The first kappa shape index (κ1) is 11.4. The van der Waals surface area contributed by atoms with Crippen LogP contribution < -0.4 is 0 Å². The van der Waals surface area contributed by atoms with E-state index < -0.39 is 0 Å². The highest BCUT2D eigenvalue weighted by molar-refractivity contribution is 5.71. The van der Waals surface area contributed by atoms with Crippen LogP contribution in [0.2, 0.25) is 0 Å². The number of nitriles is 1. The highest BCUT2D eigenvalue weighted by atomic mass is 14.2.